The molecule has 0 radical (unpaired) electrons. The standard InChI is InChI=1S/C12H8O/c1-3-7-11-9(5-1)10-6-2-4-8-12(10)13-11/h1-8H/i1D,2D,3D,5D,6D,7D,8D. The molecule has 0 bridgehead atoms. The zero-order valence-electron chi connectivity index (χ0n) is 13.5. The van der Waals surface area contributed by atoms with Gasteiger partial charge in [-0.05, 0) is 12.1 Å². The third-order valence-electron chi connectivity index (χ3n) is 1.81. The molecule has 1 heteroatoms. The fourth-order valence-corrected chi connectivity index (χ4v) is 1.25. The third kappa shape index (κ3) is 0.872. The molecule has 0 aliphatic rings. The number of furan rings is 1. The minimum absolute atomic E-state index is 0.00741. The van der Waals surface area contributed by atoms with Crippen LogP contribution in [-0.2, 0) is 0 Å². The van der Waals surface area contributed by atoms with Crippen molar-refractivity contribution in [3.8, 4) is 0 Å². The Morgan fingerprint density at radius 1 is 0.846 bits per heavy atom. The molecule has 1 aromatic heterocycles. The largest absolute Gasteiger partial charge is 0.456 e. The molecule has 2 aromatic carbocycles. The first kappa shape index (κ1) is 2.88. The van der Waals surface area contributed by atoms with E-state index in [0.29, 0.717) is 0 Å². The second-order valence-electron chi connectivity index (χ2n) is 2.57. The molecule has 13 heavy (non-hydrogen) atoms. The van der Waals surface area contributed by atoms with Gasteiger partial charge in [0.25, 0.3) is 0 Å². The van der Waals surface area contributed by atoms with Gasteiger partial charge in [0.15, 0.2) is 0 Å². The van der Waals surface area contributed by atoms with Crippen molar-refractivity contribution in [2.75, 3.05) is 0 Å². The molecule has 3 rings (SSSR count). The molecule has 0 fully saturated rings. The molecule has 0 amide bonds. The van der Waals surface area contributed by atoms with E-state index in [2.05, 4.69) is 0 Å². The molecule has 1 heterocycles. The summed E-state index contributed by atoms with van der Waals surface area (Å²) in [6.07, 6.45) is 0. The number of hydrogen-bond acceptors (Lipinski definition) is 1. The first-order valence-electron chi connectivity index (χ1n) is 7.24. The zero-order chi connectivity index (χ0) is 14.8. The number of para-hydroxylation sites is 2. The van der Waals surface area contributed by atoms with Crippen LogP contribution in [0, 0.1) is 0 Å². The molecule has 0 unspecified atom stereocenters. The van der Waals surface area contributed by atoms with Gasteiger partial charge in [-0.2, -0.15) is 0 Å². The Kier molecular flexibility index (Phi) is 0.523. The Labute approximate surface area is 85.4 Å². The predicted octanol–water partition coefficient (Wildman–Crippen LogP) is 3.59. The van der Waals surface area contributed by atoms with Gasteiger partial charge in [-0.15, -0.1) is 0 Å². The van der Waals surface area contributed by atoms with Crippen LogP contribution >= 0.6 is 0 Å². The van der Waals surface area contributed by atoms with Crippen molar-refractivity contribution in [1.82, 2.24) is 0 Å². The molecule has 3 aromatic rings. The summed E-state index contributed by atoms with van der Waals surface area (Å²) in [6, 6.07) is -0.867. The van der Waals surface area contributed by atoms with Gasteiger partial charge in [-0.3, -0.25) is 0 Å². The second kappa shape index (κ2) is 2.36. The summed E-state index contributed by atoms with van der Waals surface area (Å²) in [5, 5.41) is 0.142. The van der Waals surface area contributed by atoms with Crippen molar-refractivity contribution in [2.24, 2.45) is 0 Å². The molecule has 0 saturated carbocycles. The van der Waals surface area contributed by atoms with Crippen molar-refractivity contribution in [3.05, 3.63) is 48.4 Å². The van der Waals surface area contributed by atoms with Crippen LogP contribution in [0.25, 0.3) is 21.9 Å². The van der Waals surface area contributed by atoms with Crippen molar-refractivity contribution in [2.45, 2.75) is 0 Å². The van der Waals surface area contributed by atoms with Crippen LogP contribution in [0.2, 0.25) is 0 Å². The summed E-state index contributed by atoms with van der Waals surface area (Å²) in [6.45, 7) is 0. The van der Waals surface area contributed by atoms with Crippen molar-refractivity contribution < 1.29 is 14.0 Å². The zero-order valence-corrected chi connectivity index (χ0v) is 6.49. The molecule has 0 saturated heterocycles. The minimum atomic E-state index is -0.425. The minimum Gasteiger partial charge on any atom is -0.456 e. The number of fused-ring (bicyclic) bond motifs is 3. The summed E-state index contributed by atoms with van der Waals surface area (Å²) >= 11 is 0. The lowest BCUT2D eigenvalue weighted by Gasteiger charge is -1.85. The van der Waals surface area contributed by atoms with E-state index < -0.39 is 12.1 Å². The summed E-state index contributed by atoms with van der Waals surface area (Å²) in [4.78, 5) is 0. The van der Waals surface area contributed by atoms with Crippen LogP contribution in [0.1, 0.15) is 9.60 Å². The maximum Gasteiger partial charge on any atom is 0.135 e. The Bertz CT molecular complexity index is 881. The SMILES string of the molecule is [2H]c1cc([2H])c2oc3c([2H])c([2H])c([2H])c([2H])c3c2c1[2H]. The van der Waals surface area contributed by atoms with Gasteiger partial charge < -0.3 is 4.42 Å². The van der Waals surface area contributed by atoms with Crippen LogP contribution in [0.3, 0.4) is 0 Å². The number of rotatable bonds is 0. The molecule has 0 atom stereocenters. The summed E-state index contributed by atoms with van der Waals surface area (Å²) in [5.74, 6) is 0. The average molecular weight is 175 g/mol. The summed E-state index contributed by atoms with van der Waals surface area (Å²) in [7, 11) is 0. The van der Waals surface area contributed by atoms with Crippen LogP contribution in [0.4, 0.5) is 0 Å². The van der Waals surface area contributed by atoms with E-state index in [9.17, 15) is 0 Å². The second-order valence-corrected chi connectivity index (χ2v) is 2.57. The summed E-state index contributed by atoms with van der Waals surface area (Å²) in [5.41, 5.74) is -0.0772. The fourth-order valence-electron chi connectivity index (χ4n) is 1.25. The Balaban J connectivity index is 2.72. The van der Waals surface area contributed by atoms with Gasteiger partial charge in [-0.1, -0.05) is 36.3 Å². The number of benzene rings is 2. The fraction of sp³-hybridized carbons (Fsp3) is 0. The maximum absolute atomic E-state index is 7.91. The molecular weight excluding hydrogens is 160 g/mol. The van der Waals surface area contributed by atoms with Gasteiger partial charge in [0.1, 0.15) is 11.2 Å². The molecular formula is C12H8O. The highest BCUT2D eigenvalue weighted by atomic mass is 16.3. The topological polar surface area (TPSA) is 13.1 Å². The average Bonchev–Trinajstić information content (AvgIpc) is 2.81. The smallest absolute Gasteiger partial charge is 0.135 e. The quantitative estimate of drug-likeness (QED) is 0.509. The number of hydrogen-bond donors (Lipinski definition) is 0. The first-order valence-corrected chi connectivity index (χ1v) is 3.74. The van der Waals surface area contributed by atoms with Crippen molar-refractivity contribution >= 4 is 21.9 Å². The van der Waals surface area contributed by atoms with E-state index in [1.807, 2.05) is 0 Å². The molecule has 62 valence electrons. The van der Waals surface area contributed by atoms with Crippen molar-refractivity contribution in [3.63, 3.8) is 0 Å². The molecule has 1 nitrogen and oxygen atoms in total. The van der Waals surface area contributed by atoms with Crippen LogP contribution < -0.4 is 0 Å². The third-order valence-corrected chi connectivity index (χ3v) is 1.81. The van der Waals surface area contributed by atoms with Gasteiger partial charge in [0.2, 0.25) is 0 Å². The monoisotopic (exact) mass is 175 g/mol. The van der Waals surface area contributed by atoms with Gasteiger partial charge in [0.05, 0.1) is 9.60 Å². The van der Waals surface area contributed by atoms with Gasteiger partial charge >= 0.3 is 0 Å². The van der Waals surface area contributed by atoms with E-state index in [0.717, 1.165) is 6.07 Å². The lowest BCUT2D eigenvalue weighted by atomic mass is 10.2. The molecule has 0 aliphatic carbocycles. The molecule has 0 N–H and O–H groups in total. The first-order chi connectivity index (χ1) is 9.34. The Hall–Kier alpha value is -1.76. The molecule has 0 spiro atoms. The van der Waals surface area contributed by atoms with Crippen LogP contribution in [0.15, 0.2) is 52.8 Å². The van der Waals surface area contributed by atoms with Crippen molar-refractivity contribution in [1.29, 1.82) is 0 Å². The lowest BCUT2D eigenvalue weighted by Crippen LogP contribution is -1.62. The Morgan fingerprint density at radius 2 is 1.54 bits per heavy atom. The predicted molar refractivity (Wildman–Crippen MR) is 53.7 cm³/mol. The lowest BCUT2D eigenvalue weighted by molar-refractivity contribution is 0.669. The van der Waals surface area contributed by atoms with Gasteiger partial charge in [-0.25, -0.2) is 0 Å². The highest BCUT2D eigenvalue weighted by Gasteiger charge is 2.02. The van der Waals surface area contributed by atoms with E-state index in [-0.39, 0.29) is 52.2 Å². The van der Waals surface area contributed by atoms with E-state index in [4.69, 9.17) is 14.0 Å². The Morgan fingerprint density at radius 3 is 2.46 bits per heavy atom. The maximum atomic E-state index is 7.91. The molecule has 0 aliphatic heterocycles. The van der Waals surface area contributed by atoms with Crippen LogP contribution in [0.5, 0.6) is 0 Å². The van der Waals surface area contributed by atoms with E-state index in [1.165, 1.54) is 0 Å². The normalized spacial score (nSPS) is 18.6. The van der Waals surface area contributed by atoms with Crippen LogP contribution in [-0.4, -0.2) is 0 Å². The summed E-state index contributed by atoms with van der Waals surface area (Å²) < 4.78 is 59.6. The van der Waals surface area contributed by atoms with E-state index in [1.54, 1.807) is 0 Å². The van der Waals surface area contributed by atoms with E-state index >= 15 is 0 Å². The highest BCUT2D eigenvalue weighted by Crippen LogP contribution is 2.27. The van der Waals surface area contributed by atoms with Gasteiger partial charge in [0, 0.05) is 10.8 Å². The highest BCUT2D eigenvalue weighted by molar-refractivity contribution is 6.04.